The van der Waals surface area contributed by atoms with Crippen LogP contribution in [0.15, 0.2) is 47.6 Å². The second-order valence-corrected chi connectivity index (χ2v) is 6.92. The zero-order valence-corrected chi connectivity index (χ0v) is 17.0. The molecule has 2 aromatic carbocycles. The number of hydrazone groups is 1. The first-order valence-corrected chi connectivity index (χ1v) is 9.30. The number of carbonyl (C=O) groups is 3. The van der Waals surface area contributed by atoms with Gasteiger partial charge in [0.05, 0.1) is 37.1 Å². The van der Waals surface area contributed by atoms with Crippen LogP contribution in [0.4, 0.5) is 10.1 Å². The van der Waals surface area contributed by atoms with Crippen LogP contribution in [-0.2, 0) is 25.5 Å². The number of amides is 1. The van der Waals surface area contributed by atoms with Gasteiger partial charge in [-0.25, -0.2) is 4.39 Å². The number of methoxy groups -OCH3 is 2. The number of anilines is 1. The Labute approximate surface area is 177 Å². The highest BCUT2D eigenvalue weighted by Crippen LogP contribution is 2.32. The Morgan fingerprint density at radius 3 is 2.60 bits per heavy atom. The van der Waals surface area contributed by atoms with Crippen molar-refractivity contribution < 1.29 is 28.2 Å². The molecule has 0 spiro atoms. The van der Waals surface area contributed by atoms with Crippen LogP contribution in [0.1, 0.15) is 12.0 Å². The molecule has 1 aliphatic rings. The fraction of sp³-hybridized carbons (Fsp3) is 0.238. The van der Waals surface area contributed by atoms with Crippen LogP contribution in [0, 0.1) is 11.7 Å². The Morgan fingerprint density at radius 1 is 1.17 bits per heavy atom. The van der Waals surface area contributed by atoms with Gasteiger partial charge >= 0.3 is 5.97 Å². The minimum absolute atomic E-state index is 0.0418. The first-order valence-electron chi connectivity index (χ1n) is 8.93. The number of ether oxygens (including phenoxy) is 2. The van der Waals surface area contributed by atoms with Crippen molar-refractivity contribution in [3.05, 3.63) is 58.9 Å². The fourth-order valence-electron chi connectivity index (χ4n) is 3.09. The fourth-order valence-corrected chi connectivity index (χ4v) is 3.34. The van der Waals surface area contributed by atoms with E-state index in [-0.39, 0.29) is 29.3 Å². The van der Waals surface area contributed by atoms with Gasteiger partial charge in [0.2, 0.25) is 0 Å². The maximum atomic E-state index is 13.4. The number of halogens is 2. The van der Waals surface area contributed by atoms with Crippen LogP contribution in [0.25, 0.3) is 0 Å². The molecule has 7 nitrogen and oxygen atoms in total. The van der Waals surface area contributed by atoms with Gasteiger partial charge in [-0.3, -0.25) is 14.4 Å². The van der Waals surface area contributed by atoms with E-state index in [2.05, 4.69) is 9.84 Å². The van der Waals surface area contributed by atoms with Crippen LogP contribution in [0.5, 0.6) is 5.75 Å². The molecule has 0 saturated carbocycles. The lowest BCUT2D eigenvalue weighted by molar-refractivity contribution is -0.139. The van der Waals surface area contributed by atoms with E-state index < -0.39 is 29.4 Å². The predicted molar refractivity (Wildman–Crippen MR) is 108 cm³/mol. The molecule has 1 atom stereocenters. The molecule has 0 N–H and O–H groups in total. The first-order chi connectivity index (χ1) is 14.3. The largest absolute Gasteiger partial charge is 0.497 e. The normalized spacial score (nSPS) is 15.7. The molecule has 1 amide bonds. The molecule has 30 heavy (non-hydrogen) atoms. The van der Waals surface area contributed by atoms with Gasteiger partial charge in [0.15, 0.2) is 5.78 Å². The lowest BCUT2D eigenvalue weighted by Gasteiger charge is -2.15. The molecule has 0 radical (unpaired) electrons. The van der Waals surface area contributed by atoms with Crippen LogP contribution < -0.4 is 9.75 Å². The third-order valence-electron chi connectivity index (χ3n) is 4.54. The molecule has 9 heteroatoms. The van der Waals surface area contributed by atoms with Crippen LogP contribution in [0.2, 0.25) is 5.02 Å². The molecular weight excluding hydrogens is 415 g/mol. The Bertz CT molecular complexity index is 1040. The van der Waals surface area contributed by atoms with Gasteiger partial charge < -0.3 is 9.47 Å². The van der Waals surface area contributed by atoms with Crippen molar-refractivity contribution in [2.45, 2.75) is 12.8 Å². The van der Waals surface area contributed by atoms with Gasteiger partial charge in [-0.1, -0.05) is 23.7 Å². The SMILES string of the molecule is COC(=O)CC1=NN(c2ccc(F)cc2Cl)C(=O)C1C(=O)Cc1cccc(OC)c1. The third-order valence-corrected chi connectivity index (χ3v) is 4.85. The molecular formula is C21H18ClFN2O5. The number of nitrogens with zero attached hydrogens (tertiary/aromatic N) is 2. The van der Waals surface area contributed by atoms with Crippen LogP contribution in [0.3, 0.4) is 0 Å². The van der Waals surface area contributed by atoms with Crippen molar-refractivity contribution in [1.29, 1.82) is 0 Å². The van der Waals surface area contributed by atoms with Crippen molar-refractivity contribution in [2.75, 3.05) is 19.2 Å². The van der Waals surface area contributed by atoms with Crippen LogP contribution in [-0.4, -0.2) is 37.6 Å². The topological polar surface area (TPSA) is 85.3 Å². The average molecular weight is 433 g/mol. The Morgan fingerprint density at radius 2 is 1.93 bits per heavy atom. The molecule has 0 bridgehead atoms. The molecule has 1 aliphatic heterocycles. The number of hydrogen-bond acceptors (Lipinski definition) is 6. The van der Waals surface area contributed by atoms with Crippen molar-refractivity contribution in [2.24, 2.45) is 11.0 Å². The minimum atomic E-state index is -1.28. The molecule has 0 aliphatic carbocycles. The summed E-state index contributed by atoms with van der Waals surface area (Å²) in [5.41, 5.74) is 0.796. The molecule has 156 valence electrons. The maximum Gasteiger partial charge on any atom is 0.311 e. The van der Waals surface area contributed by atoms with Crippen LogP contribution >= 0.6 is 11.6 Å². The summed E-state index contributed by atoms with van der Waals surface area (Å²) in [4.78, 5) is 37.8. The minimum Gasteiger partial charge on any atom is -0.497 e. The molecule has 1 unspecified atom stereocenters. The summed E-state index contributed by atoms with van der Waals surface area (Å²) in [5.74, 6) is -3.06. The molecule has 0 saturated heterocycles. The zero-order chi connectivity index (χ0) is 21.8. The Balaban J connectivity index is 1.92. The van der Waals surface area contributed by atoms with Crippen molar-refractivity contribution in [3.63, 3.8) is 0 Å². The zero-order valence-electron chi connectivity index (χ0n) is 16.2. The van der Waals surface area contributed by atoms with E-state index >= 15 is 0 Å². The second kappa shape index (κ2) is 9.04. The number of benzene rings is 2. The summed E-state index contributed by atoms with van der Waals surface area (Å²) in [6.45, 7) is 0. The molecule has 3 rings (SSSR count). The van der Waals surface area contributed by atoms with Gasteiger partial charge in [0.1, 0.15) is 17.5 Å². The van der Waals surface area contributed by atoms with Crippen molar-refractivity contribution >= 4 is 40.7 Å². The highest BCUT2D eigenvalue weighted by atomic mass is 35.5. The van der Waals surface area contributed by atoms with Gasteiger partial charge in [0, 0.05) is 6.42 Å². The summed E-state index contributed by atoms with van der Waals surface area (Å²) in [5, 5.41) is 5.02. The summed E-state index contributed by atoms with van der Waals surface area (Å²) in [7, 11) is 2.70. The number of Topliss-reactive ketones (excluding diaryl/α,β-unsaturated/α-hetero) is 1. The number of carbonyl (C=O) groups excluding carboxylic acids is 3. The van der Waals surface area contributed by atoms with E-state index in [9.17, 15) is 18.8 Å². The highest BCUT2D eigenvalue weighted by Gasteiger charge is 2.42. The monoisotopic (exact) mass is 432 g/mol. The second-order valence-electron chi connectivity index (χ2n) is 6.52. The van der Waals surface area contributed by atoms with E-state index in [1.54, 1.807) is 24.3 Å². The van der Waals surface area contributed by atoms with Gasteiger partial charge in [0.25, 0.3) is 5.91 Å². The van der Waals surface area contributed by atoms with E-state index in [0.29, 0.717) is 11.3 Å². The molecule has 0 aromatic heterocycles. The quantitative estimate of drug-likeness (QED) is 0.495. The summed E-state index contributed by atoms with van der Waals surface area (Å²) in [6, 6.07) is 10.3. The number of esters is 1. The number of ketones is 1. The van der Waals surface area contributed by atoms with Gasteiger partial charge in [-0.05, 0) is 35.9 Å². The lowest BCUT2D eigenvalue weighted by Crippen LogP contribution is -2.35. The summed E-state index contributed by atoms with van der Waals surface area (Å²) in [6.07, 6.45) is -0.412. The summed E-state index contributed by atoms with van der Waals surface area (Å²) >= 11 is 6.05. The number of rotatable bonds is 7. The van der Waals surface area contributed by atoms with E-state index in [4.69, 9.17) is 16.3 Å². The Hall–Kier alpha value is -3.26. The Kier molecular flexibility index (Phi) is 6.47. The van der Waals surface area contributed by atoms with E-state index in [1.807, 2.05) is 0 Å². The van der Waals surface area contributed by atoms with E-state index in [0.717, 1.165) is 17.1 Å². The standard InChI is InChI=1S/C21H18ClFN2O5/c1-29-14-5-3-4-12(8-14)9-18(26)20-16(11-19(27)30-2)24-25(21(20)28)17-7-6-13(23)10-15(17)22/h3-8,10,20H,9,11H2,1-2H3. The van der Waals surface area contributed by atoms with Crippen molar-refractivity contribution in [1.82, 2.24) is 0 Å². The maximum absolute atomic E-state index is 13.4. The number of hydrogen-bond donors (Lipinski definition) is 0. The van der Waals surface area contributed by atoms with E-state index in [1.165, 1.54) is 20.3 Å². The smallest absolute Gasteiger partial charge is 0.311 e. The third kappa shape index (κ3) is 4.49. The van der Waals surface area contributed by atoms with Crippen molar-refractivity contribution in [3.8, 4) is 5.75 Å². The highest BCUT2D eigenvalue weighted by molar-refractivity contribution is 6.35. The van der Waals surface area contributed by atoms with Gasteiger partial charge in [-0.15, -0.1) is 0 Å². The molecule has 0 fully saturated rings. The summed E-state index contributed by atoms with van der Waals surface area (Å²) < 4.78 is 23.2. The van der Waals surface area contributed by atoms with Gasteiger partial charge in [-0.2, -0.15) is 10.1 Å². The molecule has 2 aromatic rings. The lowest BCUT2D eigenvalue weighted by atomic mass is 9.91. The average Bonchev–Trinajstić information content (AvgIpc) is 3.03. The first kappa shape index (κ1) is 21.4. The molecule has 1 heterocycles. The predicted octanol–water partition coefficient (Wildman–Crippen LogP) is 3.18.